The standard InChI is InChI=1S/C31H30N2/c1-7-8-11-19-18(2)32-28-21(19)14-16-23-26(28)30(3,4)24-17-15-22-20-12-9-10-13-25(20)33-29(22)27(24)31(23,5)6/h7-17,32-33H,1H2,2-6H3/b11-8-. The summed E-state index contributed by atoms with van der Waals surface area (Å²) in [6.07, 6.45) is 6.02. The molecule has 5 aromatic rings. The number of H-pyrrole nitrogens is 2. The van der Waals surface area contributed by atoms with E-state index in [1.54, 1.807) is 0 Å². The lowest BCUT2D eigenvalue weighted by Gasteiger charge is -2.44. The highest BCUT2D eigenvalue weighted by atomic mass is 14.7. The summed E-state index contributed by atoms with van der Waals surface area (Å²) in [7, 11) is 0. The van der Waals surface area contributed by atoms with Crippen molar-refractivity contribution < 1.29 is 0 Å². The van der Waals surface area contributed by atoms with Gasteiger partial charge in [-0.25, -0.2) is 0 Å². The van der Waals surface area contributed by atoms with Crippen molar-refractivity contribution in [3.63, 3.8) is 0 Å². The maximum Gasteiger partial charge on any atom is 0.0509 e. The molecule has 0 spiro atoms. The van der Waals surface area contributed by atoms with E-state index in [4.69, 9.17) is 0 Å². The van der Waals surface area contributed by atoms with Crippen LogP contribution < -0.4 is 0 Å². The fourth-order valence-corrected chi connectivity index (χ4v) is 6.32. The van der Waals surface area contributed by atoms with Gasteiger partial charge in [-0.3, -0.25) is 0 Å². The number of fused-ring (bicyclic) bond motifs is 8. The number of hydrogen-bond donors (Lipinski definition) is 2. The number of aryl methyl sites for hydroxylation is 1. The van der Waals surface area contributed by atoms with Gasteiger partial charge in [0.05, 0.1) is 11.0 Å². The lowest BCUT2D eigenvalue weighted by atomic mass is 9.59. The van der Waals surface area contributed by atoms with Gasteiger partial charge in [0.2, 0.25) is 0 Å². The first kappa shape index (κ1) is 20.1. The SMILES string of the molecule is C=C/C=C\c1c(C)[nH]c2c3c(ccc12)C(C)(C)c1c(ccc2c1[nH]c1ccccc12)C3(C)C. The molecule has 1 aliphatic rings. The van der Waals surface area contributed by atoms with E-state index in [0.29, 0.717) is 0 Å². The molecule has 33 heavy (non-hydrogen) atoms. The molecule has 0 fully saturated rings. The van der Waals surface area contributed by atoms with Gasteiger partial charge >= 0.3 is 0 Å². The first-order valence-corrected chi connectivity index (χ1v) is 11.8. The fraction of sp³-hybridized carbons (Fsp3) is 0.226. The Hall–Kier alpha value is -3.52. The monoisotopic (exact) mass is 430 g/mol. The molecule has 0 aliphatic heterocycles. The minimum Gasteiger partial charge on any atom is -0.358 e. The van der Waals surface area contributed by atoms with Gasteiger partial charge in [0.25, 0.3) is 0 Å². The van der Waals surface area contributed by atoms with E-state index in [9.17, 15) is 0 Å². The van der Waals surface area contributed by atoms with Crippen LogP contribution in [-0.4, -0.2) is 9.97 Å². The number of aromatic amines is 2. The van der Waals surface area contributed by atoms with Crippen LogP contribution >= 0.6 is 0 Å². The summed E-state index contributed by atoms with van der Waals surface area (Å²) in [4.78, 5) is 7.53. The molecule has 3 aromatic carbocycles. The van der Waals surface area contributed by atoms with Gasteiger partial charge in [0.15, 0.2) is 0 Å². The van der Waals surface area contributed by atoms with Crippen LogP contribution in [0.2, 0.25) is 0 Å². The number of hydrogen-bond acceptors (Lipinski definition) is 0. The first-order valence-electron chi connectivity index (χ1n) is 11.8. The average Bonchev–Trinajstić information content (AvgIpc) is 3.32. The Morgan fingerprint density at radius 2 is 1.33 bits per heavy atom. The van der Waals surface area contributed by atoms with Gasteiger partial charge in [0.1, 0.15) is 0 Å². The van der Waals surface area contributed by atoms with Gasteiger partial charge in [0, 0.05) is 43.8 Å². The molecule has 2 aromatic heterocycles. The zero-order chi connectivity index (χ0) is 23.1. The smallest absolute Gasteiger partial charge is 0.0509 e. The van der Waals surface area contributed by atoms with Gasteiger partial charge < -0.3 is 9.97 Å². The maximum atomic E-state index is 3.85. The number of aromatic nitrogens is 2. The van der Waals surface area contributed by atoms with Crippen LogP contribution in [0, 0.1) is 6.92 Å². The van der Waals surface area contributed by atoms with Crippen molar-refractivity contribution in [1.29, 1.82) is 0 Å². The van der Waals surface area contributed by atoms with Crippen LogP contribution in [-0.2, 0) is 10.8 Å². The predicted octanol–water partition coefficient (Wildman–Crippen LogP) is 8.28. The van der Waals surface area contributed by atoms with E-state index in [-0.39, 0.29) is 10.8 Å². The summed E-state index contributed by atoms with van der Waals surface area (Å²) in [5.41, 5.74) is 11.5. The molecule has 2 nitrogen and oxygen atoms in total. The molecule has 0 saturated heterocycles. The highest BCUT2D eigenvalue weighted by molar-refractivity contribution is 6.09. The van der Waals surface area contributed by atoms with Gasteiger partial charge in [-0.15, -0.1) is 0 Å². The van der Waals surface area contributed by atoms with Crippen molar-refractivity contribution >= 4 is 38.8 Å². The van der Waals surface area contributed by atoms with Crippen molar-refractivity contribution in [3.8, 4) is 0 Å². The minimum atomic E-state index is -0.137. The summed E-state index contributed by atoms with van der Waals surface area (Å²) in [5, 5.41) is 3.89. The number of benzene rings is 3. The average molecular weight is 431 g/mol. The van der Waals surface area contributed by atoms with Crippen LogP contribution in [0.15, 0.2) is 67.3 Å². The highest BCUT2D eigenvalue weighted by Gasteiger charge is 2.44. The van der Waals surface area contributed by atoms with Crippen molar-refractivity contribution in [2.75, 3.05) is 0 Å². The molecular weight excluding hydrogens is 400 g/mol. The number of rotatable bonds is 2. The quantitative estimate of drug-likeness (QED) is 0.264. The predicted molar refractivity (Wildman–Crippen MR) is 142 cm³/mol. The maximum absolute atomic E-state index is 3.85. The molecule has 164 valence electrons. The largest absolute Gasteiger partial charge is 0.358 e. The second kappa shape index (κ2) is 6.51. The summed E-state index contributed by atoms with van der Waals surface area (Å²) in [5.74, 6) is 0. The Morgan fingerprint density at radius 3 is 2.00 bits per heavy atom. The molecule has 0 amide bonds. The van der Waals surface area contributed by atoms with Gasteiger partial charge in [-0.2, -0.15) is 0 Å². The Kier molecular flexibility index (Phi) is 3.97. The lowest BCUT2D eigenvalue weighted by Crippen LogP contribution is -2.37. The molecule has 2 heteroatoms. The van der Waals surface area contributed by atoms with E-state index in [2.05, 4.69) is 106 Å². The number of para-hydroxylation sites is 1. The van der Waals surface area contributed by atoms with E-state index in [1.165, 1.54) is 66.2 Å². The third-order valence-electron chi connectivity index (χ3n) is 7.89. The minimum absolute atomic E-state index is 0.134. The van der Waals surface area contributed by atoms with Crippen LogP contribution in [0.1, 0.15) is 61.2 Å². The summed E-state index contributed by atoms with van der Waals surface area (Å²) < 4.78 is 0. The Morgan fingerprint density at radius 1 is 0.727 bits per heavy atom. The second-order valence-corrected chi connectivity index (χ2v) is 10.5. The molecule has 6 rings (SSSR count). The van der Waals surface area contributed by atoms with Crippen molar-refractivity contribution in [2.24, 2.45) is 0 Å². The highest BCUT2D eigenvalue weighted by Crippen LogP contribution is 2.54. The molecular formula is C31H30N2. The van der Waals surface area contributed by atoms with Crippen LogP contribution in [0.5, 0.6) is 0 Å². The van der Waals surface area contributed by atoms with Crippen molar-refractivity contribution in [1.82, 2.24) is 9.97 Å². The van der Waals surface area contributed by atoms with E-state index < -0.39 is 0 Å². The van der Waals surface area contributed by atoms with Crippen molar-refractivity contribution in [2.45, 2.75) is 45.4 Å². The molecule has 0 saturated carbocycles. The topological polar surface area (TPSA) is 31.6 Å². The summed E-state index contributed by atoms with van der Waals surface area (Å²) in [6.45, 7) is 15.5. The molecule has 1 aliphatic carbocycles. The zero-order valence-electron chi connectivity index (χ0n) is 20.1. The molecule has 0 atom stereocenters. The molecule has 0 unspecified atom stereocenters. The second-order valence-electron chi connectivity index (χ2n) is 10.5. The Balaban J connectivity index is 1.73. The first-order chi connectivity index (χ1) is 15.8. The summed E-state index contributed by atoms with van der Waals surface area (Å²) >= 11 is 0. The molecule has 2 N–H and O–H groups in total. The van der Waals surface area contributed by atoms with Crippen LogP contribution in [0.3, 0.4) is 0 Å². The third kappa shape index (κ3) is 2.49. The van der Waals surface area contributed by atoms with E-state index >= 15 is 0 Å². The molecule has 0 bridgehead atoms. The normalized spacial score (nSPS) is 16.5. The fourth-order valence-electron chi connectivity index (χ4n) is 6.32. The number of allylic oxidation sites excluding steroid dienone is 2. The Bertz CT molecular complexity index is 1630. The van der Waals surface area contributed by atoms with Gasteiger partial charge in [-0.1, -0.05) is 95.0 Å². The van der Waals surface area contributed by atoms with Gasteiger partial charge in [-0.05, 0) is 35.2 Å². The van der Waals surface area contributed by atoms with Crippen LogP contribution in [0.4, 0.5) is 0 Å². The van der Waals surface area contributed by atoms with E-state index in [1.807, 2.05) is 12.2 Å². The van der Waals surface area contributed by atoms with Crippen LogP contribution in [0.25, 0.3) is 38.8 Å². The summed E-state index contributed by atoms with van der Waals surface area (Å²) in [6, 6.07) is 18.0. The van der Waals surface area contributed by atoms with E-state index in [0.717, 1.165) is 0 Å². The molecule has 0 radical (unpaired) electrons. The lowest BCUT2D eigenvalue weighted by molar-refractivity contribution is 0.528. The Labute approximate surface area is 195 Å². The zero-order valence-corrected chi connectivity index (χ0v) is 20.1. The molecule has 2 heterocycles. The van der Waals surface area contributed by atoms with Crippen molar-refractivity contribution in [3.05, 3.63) is 101 Å². The third-order valence-corrected chi connectivity index (χ3v) is 7.89. The number of nitrogens with one attached hydrogen (secondary N) is 2.